The molecule has 0 spiro atoms. The highest BCUT2D eigenvalue weighted by Crippen LogP contribution is 2.16. The minimum Gasteiger partial charge on any atom is -0.464 e. The summed E-state index contributed by atoms with van der Waals surface area (Å²) < 4.78 is 19.4. The Balaban J connectivity index is 2.93. The van der Waals surface area contributed by atoms with Crippen molar-refractivity contribution in [2.75, 3.05) is 21.3 Å². The number of rotatable bonds is 6. The van der Waals surface area contributed by atoms with Crippen LogP contribution in [0.1, 0.15) is 40.3 Å². The highest BCUT2D eigenvalue weighted by atomic mass is 16.5. The van der Waals surface area contributed by atoms with E-state index in [2.05, 4.69) is 14.5 Å². The van der Waals surface area contributed by atoms with E-state index in [1.54, 1.807) is 7.11 Å². The summed E-state index contributed by atoms with van der Waals surface area (Å²) in [6, 6.07) is 0. The molecule has 1 heterocycles. The van der Waals surface area contributed by atoms with Gasteiger partial charge in [0.05, 0.1) is 20.3 Å². The fraction of sp³-hybridized carbons (Fsp3) is 0.583. The van der Waals surface area contributed by atoms with Gasteiger partial charge >= 0.3 is 11.9 Å². The lowest BCUT2D eigenvalue weighted by Gasteiger charge is -2.05. The Bertz CT molecular complexity index is 420. The Kier molecular flexibility index (Phi) is 5.50. The number of carbonyl (C=O) groups is 2. The number of esters is 2. The summed E-state index contributed by atoms with van der Waals surface area (Å²) in [7, 11) is 3.99. The van der Waals surface area contributed by atoms with Crippen molar-refractivity contribution in [3.05, 3.63) is 17.3 Å². The minimum absolute atomic E-state index is 0.0232. The summed E-state index contributed by atoms with van der Waals surface area (Å²) in [5.74, 6) is -1.48. The van der Waals surface area contributed by atoms with Crippen molar-refractivity contribution in [3.63, 3.8) is 0 Å². The first-order chi connectivity index (χ1) is 9.03. The standard InChI is InChI=1S/C12H17NO6/c1-7(16-2)5-6-8-13-9(11(14)17-3)10(19-8)12(15)18-4/h7H,5-6H2,1-4H3. The number of hydrogen-bond acceptors (Lipinski definition) is 7. The van der Waals surface area contributed by atoms with Crippen molar-refractivity contribution in [2.24, 2.45) is 0 Å². The molecule has 1 aromatic heterocycles. The van der Waals surface area contributed by atoms with Crippen LogP contribution in [-0.4, -0.2) is 44.4 Å². The molecule has 0 aromatic carbocycles. The average molecular weight is 271 g/mol. The maximum absolute atomic E-state index is 11.5. The molecule has 0 fully saturated rings. The van der Waals surface area contributed by atoms with E-state index in [4.69, 9.17) is 9.15 Å². The van der Waals surface area contributed by atoms with Gasteiger partial charge in [0.1, 0.15) is 0 Å². The second-order valence-electron chi connectivity index (χ2n) is 3.85. The summed E-state index contributed by atoms with van der Waals surface area (Å²) in [6.45, 7) is 1.89. The molecule has 1 aromatic rings. The third-order valence-electron chi connectivity index (χ3n) is 2.59. The van der Waals surface area contributed by atoms with Gasteiger partial charge in [-0.1, -0.05) is 0 Å². The maximum atomic E-state index is 11.5. The molecule has 7 heteroatoms. The van der Waals surface area contributed by atoms with Crippen LogP contribution in [0.15, 0.2) is 4.42 Å². The lowest BCUT2D eigenvalue weighted by Crippen LogP contribution is -2.10. The quantitative estimate of drug-likeness (QED) is 0.718. The molecule has 0 saturated heterocycles. The van der Waals surface area contributed by atoms with Crippen molar-refractivity contribution in [3.8, 4) is 0 Å². The highest BCUT2D eigenvalue weighted by molar-refractivity contribution is 5.99. The molecule has 1 atom stereocenters. The zero-order valence-corrected chi connectivity index (χ0v) is 11.4. The van der Waals surface area contributed by atoms with Crippen molar-refractivity contribution >= 4 is 11.9 Å². The van der Waals surface area contributed by atoms with Gasteiger partial charge in [0.25, 0.3) is 0 Å². The fourth-order valence-corrected chi connectivity index (χ4v) is 1.38. The fourth-order valence-electron chi connectivity index (χ4n) is 1.38. The molecular weight excluding hydrogens is 254 g/mol. The molecule has 0 saturated carbocycles. The van der Waals surface area contributed by atoms with Crippen LogP contribution in [0.3, 0.4) is 0 Å². The Morgan fingerprint density at radius 3 is 2.37 bits per heavy atom. The van der Waals surface area contributed by atoms with Gasteiger partial charge in [-0.05, 0) is 13.3 Å². The van der Waals surface area contributed by atoms with Gasteiger partial charge < -0.3 is 18.6 Å². The molecule has 19 heavy (non-hydrogen) atoms. The van der Waals surface area contributed by atoms with E-state index in [9.17, 15) is 9.59 Å². The summed E-state index contributed by atoms with van der Waals surface area (Å²) in [4.78, 5) is 26.9. The summed E-state index contributed by atoms with van der Waals surface area (Å²) in [5, 5.41) is 0. The van der Waals surface area contributed by atoms with Crippen molar-refractivity contribution < 1.29 is 28.2 Å². The Morgan fingerprint density at radius 2 is 1.84 bits per heavy atom. The second-order valence-corrected chi connectivity index (χ2v) is 3.85. The number of aryl methyl sites for hydroxylation is 1. The lowest BCUT2D eigenvalue weighted by molar-refractivity contribution is 0.0525. The third-order valence-corrected chi connectivity index (χ3v) is 2.59. The van der Waals surface area contributed by atoms with E-state index in [1.807, 2.05) is 6.92 Å². The normalized spacial score (nSPS) is 12.0. The van der Waals surface area contributed by atoms with E-state index >= 15 is 0 Å². The van der Waals surface area contributed by atoms with Gasteiger partial charge in [-0.25, -0.2) is 14.6 Å². The molecule has 0 radical (unpaired) electrons. The van der Waals surface area contributed by atoms with Crippen LogP contribution in [0, 0.1) is 0 Å². The molecule has 0 aliphatic carbocycles. The second kappa shape index (κ2) is 6.89. The summed E-state index contributed by atoms with van der Waals surface area (Å²) in [5.41, 5.74) is -0.172. The number of oxazole rings is 1. The topological polar surface area (TPSA) is 87.9 Å². The molecule has 0 bridgehead atoms. The third kappa shape index (κ3) is 3.78. The van der Waals surface area contributed by atoms with Gasteiger partial charge in [-0.3, -0.25) is 0 Å². The van der Waals surface area contributed by atoms with Crippen LogP contribution in [0.4, 0.5) is 0 Å². The van der Waals surface area contributed by atoms with Crippen LogP contribution in [0.2, 0.25) is 0 Å². The van der Waals surface area contributed by atoms with Crippen molar-refractivity contribution in [1.82, 2.24) is 4.98 Å². The first-order valence-corrected chi connectivity index (χ1v) is 5.72. The Morgan fingerprint density at radius 1 is 1.21 bits per heavy atom. The minimum atomic E-state index is -0.765. The number of aromatic nitrogens is 1. The number of hydrogen-bond donors (Lipinski definition) is 0. The predicted octanol–water partition coefficient (Wildman–Crippen LogP) is 1.22. The molecule has 1 rings (SSSR count). The van der Waals surface area contributed by atoms with E-state index in [-0.39, 0.29) is 23.4 Å². The largest absolute Gasteiger partial charge is 0.464 e. The average Bonchev–Trinajstić information content (AvgIpc) is 2.87. The van der Waals surface area contributed by atoms with E-state index < -0.39 is 11.9 Å². The SMILES string of the molecule is COC(=O)c1nc(CCC(C)OC)oc1C(=O)OC. The number of ether oxygens (including phenoxy) is 3. The molecule has 0 amide bonds. The van der Waals surface area contributed by atoms with Gasteiger partial charge in [0, 0.05) is 13.5 Å². The van der Waals surface area contributed by atoms with Crippen molar-refractivity contribution in [1.29, 1.82) is 0 Å². The zero-order chi connectivity index (χ0) is 14.4. The molecule has 7 nitrogen and oxygen atoms in total. The molecular formula is C12H17NO6. The van der Waals surface area contributed by atoms with Crippen LogP contribution >= 0.6 is 0 Å². The Labute approximate surface area is 110 Å². The van der Waals surface area contributed by atoms with Gasteiger partial charge in [-0.15, -0.1) is 0 Å². The molecule has 0 N–H and O–H groups in total. The smallest absolute Gasteiger partial charge is 0.376 e. The maximum Gasteiger partial charge on any atom is 0.376 e. The van der Waals surface area contributed by atoms with E-state index in [0.29, 0.717) is 12.8 Å². The number of methoxy groups -OCH3 is 3. The summed E-state index contributed by atoms with van der Waals surface area (Å²) >= 11 is 0. The van der Waals surface area contributed by atoms with Gasteiger partial charge in [0.15, 0.2) is 5.89 Å². The van der Waals surface area contributed by atoms with Gasteiger partial charge in [0.2, 0.25) is 11.5 Å². The van der Waals surface area contributed by atoms with Crippen LogP contribution < -0.4 is 0 Å². The van der Waals surface area contributed by atoms with E-state index in [0.717, 1.165) is 0 Å². The molecule has 0 aliphatic rings. The van der Waals surface area contributed by atoms with Gasteiger partial charge in [-0.2, -0.15) is 0 Å². The summed E-state index contributed by atoms with van der Waals surface area (Å²) in [6.07, 6.45) is 1.11. The monoisotopic (exact) mass is 271 g/mol. The lowest BCUT2D eigenvalue weighted by atomic mass is 10.2. The number of nitrogens with zero attached hydrogens (tertiary/aromatic N) is 1. The van der Waals surface area contributed by atoms with E-state index in [1.165, 1.54) is 14.2 Å². The highest BCUT2D eigenvalue weighted by Gasteiger charge is 2.26. The predicted molar refractivity (Wildman–Crippen MR) is 64.0 cm³/mol. The Hall–Kier alpha value is -1.89. The first-order valence-electron chi connectivity index (χ1n) is 5.72. The van der Waals surface area contributed by atoms with Crippen LogP contribution in [0.5, 0.6) is 0 Å². The van der Waals surface area contributed by atoms with Crippen LogP contribution in [0.25, 0.3) is 0 Å². The molecule has 1 unspecified atom stereocenters. The van der Waals surface area contributed by atoms with Crippen molar-refractivity contribution in [2.45, 2.75) is 25.9 Å². The first kappa shape index (κ1) is 15.2. The zero-order valence-electron chi connectivity index (χ0n) is 11.4. The number of carbonyl (C=O) groups excluding carboxylic acids is 2. The molecule has 0 aliphatic heterocycles. The van der Waals surface area contributed by atoms with Crippen LogP contribution in [-0.2, 0) is 20.6 Å². The molecule has 106 valence electrons.